The maximum atomic E-state index is 5.93. The molecule has 0 spiro atoms. The molecule has 1 fully saturated rings. The average Bonchev–Trinajstić information content (AvgIpc) is 2.90. The maximum absolute atomic E-state index is 5.93. The summed E-state index contributed by atoms with van der Waals surface area (Å²) in [5.41, 5.74) is 8.17. The van der Waals surface area contributed by atoms with Gasteiger partial charge < -0.3 is 10.6 Å². The van der Waals surface area contributed by atoms with Crippen molar-refractivity contribution in [1.82, 2.24) is 10.2 Å². The lowest BCUT2D eigenvalue weighted by Crippen LogP contribution is -2.39. The fourth-order valence-corrected chi connectivity index (χ4v) is 2.74. The third-order valence-electron chi connectivity index (χ3n) is 3.58. The second-order valence-electron chi connectivity index (χ2n) is 4.97. The summed E-state index contributed by atoms with van der Waals surface area (Å²) in [5, 5.41) is 7.55. The van der Waals surface area contributed by atoms with Gasteiger partial charge in [0.25, 0.3) is 0 Å². The lowest BCUT2D eigenvalue weighted by atomic mass is 10.1. The van der Waals surface area contributed by atoms with Crippen LogP contribution in [0.4, 0.5) is 5.82 Å². The number of nitrogens with two attached hydrogens (primary N) is 1. The Morgan fingerprint density at radius 1 is 1.21 bits per heavy atom. The fourth-order valence-electron chi connectivity index (χ4n) is 2.38. The van der Waals surface area contributed by atoms with Crippen LogP contribution in [0, 0.1) is 3.57 Å². The average molecular weight is 368 g/mol. The van der Waals surface area contributed by atoms with Gasteiger partial charge in [0.15, 0.2) is 5.82 Å². The SMILES string of the molecule is NC1CCN(c2cc(-c3ccc(I)cc3)[nH]n2)CC1. The first-order chi connectivity index (χ1) is 9.22. The molecule has 1 saturated heterocycles. The Bertz CT molecular complexity index is 541. The van der Waals surface area contributed by atoms with E-state index in [1.807, 2.05) is 0 Å². The van der Waals surface area contributed by atoms with Crippen molar-refractivity contribution in [3.05, 3.63) is 33.9 Å². The number of H-pyrrole nitrogens is 1. The van der Waals surface area contributed by atoms with Crippen LogP contribution >= 0.6 is 22.6 Å². The number of piperidine rings is 1. The van der Waals surface area contributed by atoms with Gasteiger partial charge in [0.1, 0.15) is 0 Å². The summed E-state index contributed by atoms with van der Waals surface area (Å²) in [6.45, 7) is 2.00. The number of nitrogens with zero attached hydrogens (tertiary/aromatic N) is 2. The zero-order valence-electron chi connectivity index (χ0n) is 10.6. The van der Waals surface area contributed by atoms with E-state index in [1.165, 1.54) is 9.13 Å². The lowest BCUT2D eigenvalue weighted by molar-refractivity contribution is 0.498. The summed E-state index contributed by atoms with van der Waals surface area (Å²) in [7, 11) is 0. The number of nitrogens with one attached hydrogen (secondary N) is 1. The molecule has 5 heteroatoms. The first-order valence-corrected chi connectivity index (χ1v) is 7.62. The van der Waals surface area contributed by atoms with Crippen molar-refractivity contribution in [3.8, 4) is 11.3 Å². The van der Waals surface area contributed by atoms with E-state index in [2.05, 4.69) is 68.0 Å². The van der Waals surface area contributed by atoms with Crippen LogP contribution in [0.15, 0.2) is 30.3 Å². The topological polar surface area (TPSA) is 57.9 Å². The van der Waals surface area contributed by atoms with Crippen LogP contribution in [-0.4, -0.2) is 29.3 Å². The van der Waals surface area contributed by atoms with Crippen LogP contribution in [0.25, 0.3) is 11.3 Å². The van der Waals surface area contributed by atoms with Crippen LogP contribution in [0.1, 0.15) is 12.8 Å². The van der Waals surface area contributed by atoms with Crippen LogP contribution in [0.2, 0.25) is 0 Å². The highest BCUT2D eigenvalue weighted by atomic mass is 127. The zero-order chi connectivity index (χ0) is 13.2. The maximum Gasteiger partial charge on any atom is 0.150 e. The van der Waals surface area contributed by atoms with Crippen molar-refractivity contribution in [2.24, 2.45) is 5.73 Å². The third kappa shape index (κ3) is 2.92. The molecular formula is C14H17IN4. The molecule has 1 aromatic heterocycles. The number of hydrogen-bond donors (Lipinski definition) is 2. The quantitative estimate of drug-likeness (QED) is 0.802. The number of benzene rings is 1. The molecule has 100 valence electrons. The Morgan fingerprint density at radius 2 is 1.89 bits per heavy atom. The zero-order valence-corrected chi connectivity index (χ0v) is 12.8. The van der Waals surface area contributed by atoms with E-state index in [-0.39, 0.29) is 0 Å². The van der Waals surface area contributed by atoms with E-state index in [1.54, 1.807) is 0 Å². The number of aromatic amines is 1. The number of halogens is 1. The molecule has 0 saturated carbocycles. The molecular weight excluding hydrogens is 351 g/mol. The van der Waals surface area contributed by atoms with Crippen molar-refractivity contribution in [1.29, 1.82) is 0 Å². The summed E-state index contributed by atoms with van der Waals surface area (Å²) >= 11 is 2.31. The molecule has 0 amide bonds. The lowest BCUT2D eigenvalue weighted by Gasteiger charge is -2.29. The number of rotatable bonds is 2. The van der Waals surface area contributed by atoms with Gasteiger partial charge in [-0.3, -0.25) is 5.10 Å². The second-order valence-corrected chi connectivity index (χ2v) is 6.22. The summed E-state index contributed by atoms with van der Waals surface area (Å²) < 4.78 is 1.24. The Kier molecular flexibility index (Phi) is 3.74. The predicted octanol–water partition coefficient (Wildman–Crippen LogP) is 2.61. The first kappa shape index (κ1) is 12.9. The summed E-state index contributed by atoms with van der Waals surface area (Å²) in [6, 6.07) is 10.9. The third-order valence-corrected chi connectivity index (χ3v) is 4.30. The molecule has 4 nitrogen and oxygen atoms in total. The van der Waals surface area contributed by atoms with E-state index in [0.29, 0.717) is 6.04 Å². The van der Waals surface area contributed by atoms with Gasteiger partial charge in [-0.2, -0.15) is 5.10 Å². The highest BCUT2D eigenvalue weighted by Crippen LogP contribution is 2.24. The highest BCUT2D eigenvalue weighted by molar-refractivity contribution is 14.1. The van der Waals surface area contributed by atoms with Crippen LogP contribution in [0.5, 0.6) is 0 Å². The molecule has 1 aromatic carbocycles. The summed E-state index contributed by atoms with van der Waals surface area (Å²) in [5.74, 6) is 1.03. The van der Waals surface area contributed by atoms with Crippen molar-refractivity contribution in [3.63, 3.8) is 0 Å². The van der Waals surface area contributed by atoms with Gasteiger partial charge in [-0.1, -0.05) is 12.1 Å². The van der Waals surface area contributed by atoms with Crippen LogP contribution < -0.4 is 10.6 Å². The van der Waals surface area contributed by atoms with Crippen molar-refractivity contribution in [2.75, 3.05) is 18.0 Å². The predicted molar refractivity (Wildman–Crippen MR) is 86.2 cm³/mol. The van der Waals surface area contributed by atoms with Gasteiger partial charge in [0.05, 0.1) is 5.69 Å². The molecule has 3 rings (SSSR count). The highest BCUT2D eigenvalue weighted by Gasteiger charge is 2.18. The number of hydrogen-bond acceptors (Lipinski definition) is 3. The molecule has 0 aliphatic carbocycles. The molecule has 0 bridgehead atoms. The normalized spacial score (nSPS) is 16.8. The van der Waals surface area contributed by atoms with Gasteiger partial charge in [-0.05, 0) is 53.1 Å². The molecule has 1 aliphatic rings. The van der Waals surface area contributed by atoms with E-state index >= 15 is 0 Å². The van der Waals surface area contributed by atoms with Crippen LogP contribution in [-0.2, 0) is 0 Å². The Balaban J connectivity index is 1.77. The largest absolute Gasteiger partial charge is 0.355 e. The molecule has 1 aliphatic heterocycles. The van der Waals surface area contributed by atoms with E-state index < -0.39 is 0 Å². The summed E-state index contributed by atoms with van der Waals surface area (Å²) in [6.07, 6.45) is 2.09. The van der Waals surface area contributed by atoms with Crippen molar-refractivity contribution >= 4 is 28.4 Å². The van der Waals surface area contributed by atoms with Gasteiger partial charge in [-0.15, -0.1) is 0 Å². The minimum absolute atomic E-state index is 0.353. The molecule has 3 N–H and O–H groups in total. The van der Waals surface area contributed by atoms with E-state index in [4.69, 9.17) is 5.73 Å². The summed E-state index contributed by atoms with van der Waals surface area (Å²) in [4.78, 5) is 2.30. The standard InChI is InChI=1S/C14H17IN4/c15-11-3-1-10(2-4-11)13-9-14(18-17-13)19-7-5-12(16)6-8-19/h1-4,9,12H,5-8,16H2,(H,17,18). The first-order valence-electron chi connectivity index (χ1n) is 6.54. The smallest absolute Gasteiger partial charge is 0.150 e. The number of aromatic nitrogens is 2. The van der Waals surface area contributed by atoms with E-state index in [0.717, 1.165) is 37.4 Å². The molecule has 0 unspecified atom stereocenters. The minimum Gasteiger partial charge on any atom is -0.355 e. The Hall–Kier alpha value is -1.08. The molecule has 19 heavy (non-hydrogen) atoms. The van der Waals surface area contributed by atoms with Gasteiger partial charge in [-0.25, -0.2) is 0 Å². The molecule has 2 heterocycles. The van der Waals surface area contributed by atoms with Crippen LogP contribution in [0.3, 0.4) is 0 Å². The van der Waals surface area contributed by atoms with Crippen molar-refractivity contribution in [2.45, 2.75) is 18.9 Å². The number of anilines is 1. The molecule has 0 radical (unpaired) electrons. The van der Waals surface area contributed by atoms with Gasteiger partial charge >= 0.3 is 0 Å². The molecule has 2 aromatic rings. The Morgan fingerprint density at radius 3 is 2.58 bits per heavy atom. The second kappa shape index (κ2) is 5.50. The van der Waals surface area contributed by atoms with Gasteiger partial charge in [0, 0.05) is 28.8 Å². The monoisotopic (exact) mass is 368 g/mol. The van der Waals surface area contributed by atoms with Gasteiger partial charge in [0.2, 0.25) is 0 Å². The van der Waals surface area contributed by atoms with Crippen molar-refractivity contribution < 1.29 is 0 Å². The minimum atomic E-state index is 0.353. The Labute approximate surface area is 126 Å². The molecule has 0 atom stereocenters. The fraction of sp³-hybridized carbons (Fsp3) is 0.357. The van der Waals surface area contributed by atoms with E-state index in [9.17, 15) is 0 Å².